The van der Waals surface area contributed by atoms with E-state index in [1.807, 2.05) is 0 Å². The van der Waals surface area contributed by atoms with E-state index in [4.69, 9.17) is 4.74 Å². The zero-order valence-electron chi connectivity index (χ0n) is 10.7. The molecule has 4 unspecified atom stereocenters. The number of hydrogen-bond acceptors (Lipinski definition) is 3. The second-order valence-corrected chi connectivity index (χ2v) is 5.45. The third-order valence-electron chi connectivity index (χ3n) is 4.17. The van der Waals surface area contributed by atoms with Crippen molar-refractivity contribution in [2.45, 2.75) is 57.2 Å². The lowest BCUT2D eigenvalue weighted by atomic mass is 9.85. The number of nitrogens with one attached hydrogen (secondary N) is 2. The molecule has 1 saturated carbocycles. The van der Waals surface area contributed by atoms with Crippen LogP contribution in [0.25, 0.3) is 0 Å². The maximum atomic E-state index is 5.23. The summed E-state index contributed by atoms with van der Waals surface area (Å²) in [7, 11) is 1.77. The molecule has 0 aromatic rings. The van der Waals surface area contributed by atoms with E-state index in [9.17, 15) is 0 Å². The van der Waals surface area contributed by atoms with Crippen LogP contribution < -0.4 is 10.6 Å². The highest BCUT2D eigenvalue weighted by molar-refractivity contribution is 4.93. The topological polar surface area (TPSA) is 33.3 Å². The van der Waals surface area contributed by atoms with E-state index in [2.05, 4.69) is 17.6 Å². The lowest BCUT2D eigenvalue weighted by Gasteiger charge is -2.24. The Bertz CT molecular complexity index is 196. The molecule has 0 aromatic carbocycles. The highest BCUT2D eigenvalue weighted by atomic mass is 16.5. The summed E-state index contributed by atoms with van der Waals surface area (Å²) in [5.41, 5.74) is 0. The van der Waals surface area contributed by atoms with Crippen molar-refractivity contribution < 1.29 is 4.74 Å². The van der Waals surface area contributed by atoms with Gasteiger partial charge >= 0.3 is 0 Å². The fraction of sp³-hybridized carbons (Fsp3) is 1.00. The van der Waals surface area contributed by atoms with E-state index in [1.54, 1.807) is 7.11 Å². The molecule has 1 heterocycles. The minimum Gasteiger partial charge on any atom is -0.380 e. The molecule has 1 aliphatic carbocycles. The van der Waals surface area contributed by atoms with Gasteiger partial charge in [-0.25, -0.2) is 0 Å². The highest BCUT2D eigenvalue weighted by Crippen LogP contribution is 2.32. The maximum absolute atomic E-state index is 5.23. The Morgan fingerprint density at radius 2 is 2.19 bits per heavy atom. The zero-order chi connectivity index (χ0) is 11.4. The molecular weight excluding hydrogens is 200 g/mol. The summed E-state index contributed by atoms with van der Waals surface area (Å²) >= 11 is 0. The molecule has 0 spiro atoms. The summed E-state index contributed by atoms with van der Waals surface area (Å²) in [6, 6.07) is 1.51. The monoisotopic (exact) mass is 226 g/mol. The maximum Gasteiger partial charge on any atom is 0.0667 e. The van der Waals surface area contributed by atoms with Gasteiger partial charge in [-0.15, -0.1) is 0 Å². The highest BCUT2D eigenvalue weighted by Gasteiger charge is 2.34. The molecule has 2 fully saturated rings. The van der Waals surface area contributed by atoms with E-state index in [-0.39, 0.29) is 0 Å². The molecule has 94 valence electrons. The van der Waals surface area contributed by atoms with Crippen LogP contribution in [0.2, 0.25) is 0 Å². The third kappa shape index (κ3) is 3.19. The summed E-state index contributed by atoms with van der Waals surface area (Å²) in [6.07, 6.45) is 7.42. The Labute approximate surface area is 99.3 Å². The first-order valence-corrected chi connectivity index (χ1v) is 6.79. The lowest BCUT2D eigenvalue weighted by molar-refractivity contribution is 0.117. The Hall–Kier alpha value is -0.120. The SMILES string of the molecule is COC(C)CNCC1CC2CCCCC2N1. The van der Waals surface area contributed by atoms with Crippen LogP contribution in [0.3, 0.4) is 0 Å². The van der Waals surface area contributed by atoms with Crippen LogP contribution in [0.1, 0.15) is 39.0 Å². The van der Waals surface area contributed by atoms with Crippen molar-refractivity contribution in [3.8, 4) is 0 Å². The molecule has 0 bridgehead atoms. The second-order valence-electron chi connectivity index (χ2n) is 5.45. The Morgan fingerprint density at radius 3 is 2.94 bits per heavy atom. The molecular formula is C13H26N2O. The van der Waals surface area contributed by atoms with Gasteiger partial charge in [-0.05, 0) is 32.1 Å². The molecule has 2 aliphatic rings. The quantitative estimate of drug-likeness (QED) is 0.746. The van der Waals surface area contributed by atoms with Gasteiger partial charge in [-0.1, -0.05) is 12.8 Å². The molecule has 2 N–H and O–H groups in total. The first-order chi connectivity index (χ1) is 7.79. The fourth-order valence-electron chi connectivity index (χ4n) is 3.13. The lowest BCUT2D eigenvalue weighted by Crippen LogP contribution is -2.40. The Kier molecular flexibility index (Phi) is 4.62. The van der Waals surface area contributed by atoms with E-state index in [1.165, 1.54) is 32.1 Å². The molecule has 0 radical (unpaired) electrons. The second kappa shape index (κ2) is 5.99. The van der Waals surface area contributed by atoms with Gasteiger partial charge in [0.05, 0.1) is 6.10 Å². The van der Waals surface area contributed by atoms with Gasteiger partial charge in [0, 0.05) is 32.3 Å². The summed E-state index contributed by atoms with van der Waals surface area (Å²) in [6.45, 7) is 4.17. The minimum absolute atomic E-state index is 0.323. The summed E-state index contributed by atoms with van der Waals surface area (Å²) in [5, 5.41) is 7.28. The average Bonchev–Trinajstić information content (AvgIpc) is 2.71. The molecule has 2 rings (SSSR count). The van der Waals surface area contributed by atoms with Crippen LogP contribution in [-0.4, -0.2) is 38.4 Å². The van der Waals surface area contributed by atoms with Crippen molar-refractivity contribution in [2.24, 2.45) is 5.92 Å². The molecule has 1 saturated heterocycles. The van der Waals surface area contributed by atoms with Gasteiger partial charge in [0.25, 0.3) is 0 Å². The number of rotatable bonds is 5. The van der Waals surface area contributed by atoms with Crippen LogP contribution in [0.5, 0.6) is 0 Å². The van der Waals surface area contributed by atoms with E-state index in [0.29, 0.717) is 12.1 Å². The summed E-state index contributed by atoms with van der Waals surface area (Å²) in [4.78, 5) is 0. The van der Waals surface area contributed by atoms with Gasteiger partial charge in [-0.3, -0.25) is 0 Å². The molecule has 3 nitrogen and oxygen atoms in total. The van der Waals surface area contributed by atoms with E-state index >= 15 is 0 Å². The minimum atomic E-state index is 0.323. The van der Waals surface area contributed by atoms with E-state index in [0.717, 1.165) is 25.0 Å². The van der Waals surface area contributed by atoms with Crippen LogP contribution in [0.4, 0.5) is 0 Å². The van der Waals surface area contributed by atoms with Crippen LogP contribution in [-0.2, 0) is 4.74 Å². The summed E-state index contributed by atoms with van der Waals surface area (Å²) < 4.78 is 5.23. The largest absolute Gasteiger partial charge is 0.380 e. The summed E-state index contributed by atoms with van der Waals surface area (Å²) in [5.74, 6) is 0.959. The Morgan fingerprint density at radius 1 is 1.38 bits per heavy atom. The average molecular weight is 226 g/mol. The van der Waals surface area contributed by atoms with Crippen LogP contribution >= 0.6 is 0 Å². The van der Waals surface area contributed by atoms with Crippen molar-refractivity contribution in [1.29, 1.82) is 0 Å². The van der Waals surface area contributed by atoms with Crippen molar-refractivity contribution in [3.05, 3.63) is 0 Å². The predicted octanol–water partition coefficient (Wildman–Crippen LogP) is 1.53. The van der Waals surface area contributed by atoms with Gasteiger partial charge in [-0.2, -0.15) is 0 Å². The van der Waals surface area contributed by atoms with Crippen molar-refractivity contribution in [3.63, 3.8) is 0 Å². The first-order valence-electron chi connectivity index (χ1n) is 6.79. The predicted molar refractivity (Wildman–Crippen MR) is 66.6 cm³/mol. The van der Waals surface area contributed by atoms with Crippen molar-refractivity contribution in [1.82, 2.24) is 10.6 Å². The van der Waals surface area contributed by atoms with Crippen LogP contribution in [0, 0.1) is 5.92 Å². The standard InChI is InChI=1S/C13H26N2O/c1-10(16-2)8-14-9-12-7-11-5-3-4-6-13(11)15-12/h10-15H,3-9H2,1-2H3. The molecule has 0 aromatic heterocycles. The molecule has 1 aliphatic heterocycles. The zero-order valence-corrected chi connectivity index (χ0v) is 10.7. The van der Waals surface area contributed by atoms with Gasteiger partial charge in [0.2, 0.25) is 0 Å². The van der Waals surface area contributed by atoms with Crippen molar-refractivity contribution in [2.75, 3.05) is 20.2 Å². The number of hydrogen-bond donors (Lipinski definition) is 2. The van der Waals surface area contributed by atoms with Gasteiger partial charge < -0.3 is 15.4 Å². The van der Waals surface area contributed by atoms with Crippen LogP contribution in [0.15, 0.2) is 0 Å². The third-order valence-corrected chi connectivity index (χ3v) is 4.17. The normalized spacial score (nSPS) is 36.0. The van der Waals surface area contributed by atoms with Gasteiger partial charge in [0.15, 0.2) is 0 Å². The molecule has 3 heteroatoms. The van der Waals surface area contributed by atoms with Crippen molar-refractivity contribution >= 4 is 0 Å². The fourth-order valence-corrected chi connectivity index (χ4v) is 3.13. The molecule has 4 atom stereocenters. The molecule has 0 amide bonds. The first kappa shape index (κ1) is 12.3. The number of fused-ring (bicyclic) bond motifs is 1. The number of methoxy groups -OCH3 is 1. The smallest absolute Gasteiger partial charge is 0.0667 e. The van der Waals surface area contributed by atoms with Gasteiger partial charge in [0.1, 0.15) is 0 Å². The number of ether oxygens (including phenoxy) is 1. The Balaban J connectivity index is 1.64. The molecule has 16 heavy (non-hydrogen) atoms. The van der Waals surface area contributed by atoms with E-state index < -0.39 is 0 Å².